The van der Waals surface area contributed by atoms with Crippen molar-refractivity contribution in [1.29, 1.82) is 0 Å². The molecule has 2 unspecified atom stereocenters. The Balaban J connectivity index is 4.63. The zero-order valence-electron chi connectivity index (χ0n) is 14.1. The van der Waals surface area contributed by atoms with Crippen LogP contribution in [0.15, 0.2) is 12.2 Å². The van der Waals surface area contributed by atoms with Gasteiger partial charge in [0.2, 0.25) is 0 Å². The van der Waals surface area contributed by atoms with Crippen molar-refractivity contribution in [1.82, 2.24) is 0 Å². The third-order valence-electron chi connectivity index (χ3n) is 3.14. The minimum atomic E-state index is -1.41. The highest BCUT2D eigenvalue weighted by molar-refractivity contribution is 6.76. The number of esters is 1. The van der Waals surface area contributed by atoms with Gasteiger partial charge < -0.3 is 9.84 Å². The van der Waals surface area contributed by atoms with Gasteiger partial charge in [-0.1, -0.05) is 33.1 Å². The average Bonchev–Trinajstić information content (AvgIpc) is 2.32. The molecule has 0 radical (unpaired) electrons. The summed E-state index contributed by atoms with van der Waals surface area (Å²) in [6.07, 6.45) is 1.03. The summed E-state index contributed by atoms with van der Waals surface area (Å²) in [7, 11) is -1.41. The van der Waals surface area contributed by atoms with Crippen LogP contribution in [-0.2, 0) is 14.3 Å². The van der Waals surface area contributed by atoms with E-state index >= 15 is 0 Å². The van der Waals surface area contributed by atoms with Gasteiger partial charge in [-0.25, -0.2) is 0 Å². The molecule has 0 aromatic carbocycles. The summed E-state index contributed by atoms with van der Waals surface area (Å²) < 4.78 is 5.19. The van der Waals surface area contributed by atoms with E-state index in [2.05, 4.69) is 26.2 Å². The molecule has 0 amide bonds. The standard InChI is InChI=1S/C16H30O4Si/c1-12(10-17)8-7-9-15(19)16(20-14(3)18)13(2)11-21(4,5)6/h12,16-17H,2,7-11H2,1,3-6H3. The molecule has 0 fully saturated rings. The first-order chi connectivity index (χ1) is 9.56. The highest BCUT2D eigenvalue weighted by atomic mass is 28.3. The Labute approximate surface area is 129 Å². The van der Waals surface area contributed by atoms with Crippen molar-refractivity contribution in [2.45, 2.75) is 64.9 Å². The van der Waals surface area contributed by atoms with Crippen molar-refractivity contribution < 1.29 is 19.4 Å². The Morgan fingerprint density at radius 3 is 2.29 bits per heavy atom. The van der Waals surface area contributed by atoms with Crippen LogP contribution in [-0.4, -0.2) is 37.6 Å². The number of Topliss-reactive ketones (excluding diaryl/α,β-unsaturated/α-hetero) is 1. The molecule has 0 aliphatic heterocycles. The maximum Gasteiger partial charge on any atom is 0.303 e. The first kappa shape index (κ1) is 20.1. The van der Waals surface area contributed by atoms with E-state index in [4.69, 9.17) is 9.84 Å². The topological polar surface area (TPSA) is 63.6 Å². The number of carbonyl (C=O) groups is 2. The van der Waals surface area contributed by atoms with Crippen LogP contribution in [0.2, 0.25) is 25.7 Å². The van der Waals surface area contributed by atoms with E-state index in [0.717, 1.165) is 12.5 Å². The quantitative estimate of drug-likeness (QED) is 0.382. The van der Waals surface area contributed by atoms with Gasteiger partial charge in [-0.15, -0.1) is 0 Å². The lowest BCUT2D eigenvalue weighted by Gasteiger charge is -2.23. The number of ketones is 1. The maximum atomic E-state index is 12.3. The molecule has 5 heteroatoms. The monoisotopic (exact) mass is 314 g/mol. The maximum absolute atomic E-state index is 12.3. The molecular weight excluding hydrogens is 284 g/mol. The smallest absolute Gasteiger partial charge is 0.303 e. The second-order valence-electron chi connectivity index (χ2n) is 7.03. The molecule has 21 heavy (non-hydrogen) atoms. The Bertz CT molecular complexity index is 371. The van der Waals surface area contributed by atoms with Gasteiger partial charge in [-0.2, -0.15) is 0 Å². The van der Waals surface area contributed by atoms with Crippen LogP contribution in [0.3, 0.4) is 0 Å². The minimum absolute atomic E-state index is 0.0846. The summed E-state index contributed by atoms with van der Waals surface area (Å²) in [5, 5.41) is 8.98. The Morgan fingerprint density at radius 1 is 1.29 bits per heavy atom. The summed E-state index contributed by atoms with van der Waals surface area (Å²) in [6.45, 7) is 13.9. The second-order valence-corrected chi connectivity index (χ2v) is 12.5. The molecule has 2 atom stereocenters. The van der Waals surface area contributed by atoms with Crippen molar-refractivity contribution in [3.8, 4) is 0 Å². The Morgan fingerprint density at radius 2 is 1.86 bits per heavy atom. The molecule has 0 saturated carbocycles. The van der Waals surface area contributed by atoms with Gasteiger partial charge in [0.1, 0.15) is 0 Å². The number of rotatable bonds is 10. The van der Waals surface area contributed by atoms with Gasteiger partial charge in [0.15, 0.2) is 11.9 Å². The van der Waals surface area contributed by atoms with E-state index in [1.54, 1.807) is 0 Å². The van der Waals surface area contributed by atoms with Crippen LogP contribution in [0.25, 0.3) is 0 Å². The summed E-state index contributed by atoms with van der Waals surface area (Å²) in [5.74, 6) is -0.345. The number of aliphatic hydroxyl groups excluding tert-OH is 1. The third-order valence-corrected chi connectivity index (χ3v) is 4.65. The predicted octanol–water partition coefficient (Wildman–Crippen LogP) is 3.18. The zero-order valence-corrected chi connectivity index (χ0v) is 15.1. The summed E-state index contributed by atoms with van der Waals surface area (Å²) >= 11 is 0. The van der Waals surface area contributed by atoms with Gasteiger partial charge in [0.05, 0.1) is 0 Å². The lowest BCUT2D eigenvalue weighted by Crippen LogP contribution is -2.32. The molecule has 0 bridgehead atoms. The molecule has 0 rings (SSSR count). The third kappa shape index (κ3) is 9.58. The van der Waals surface area contributed by atoms with Crippen molar-refractivity contribution >= 4 is 19.8 Å². The van der Waals surface area contributed by atoms with Gasteiger partial charge in [0, 0.05) is 28.0 Å². The molecule has 122 valence electrons. The van der Waals surface area contributed by atoms with E-state index in [1.807, 2.05) is 6.92 Å². The molecule has 0 saturated heterocycles. The highest BCUT2D eigenvalue weighted by Crippen LogP contribution is 2.22. The number of hydrogen-bond donors (Lipinski definition) is 1. The fourth-order valence-electron chi connectivity index (χ4n) is 2.16. The van der Waals surface area contributed by atoms with Gasteiger partial charge in [-0.05, 0) is 30.4 Å². The molecule has 4 nitrogen and oxygen atoms in total. The molecule has 0 aromatic heterocycles. The molecule has 0 heterocycles. The average molecular weight is 314 g/mol. The van der Waals surface area contributed by atoms with E-state index < -0.39 is 20.1 Å². The number of carbonyl (C=O) groups excluding carboxylic acids is 2. The van der Waals surface area contributed by atoms with Crippen molar-refractivity contribution in [3.05, 3.63) is 12.2 Å². The lowest BCUT2D eigenvalue weighted by atomic mass is 9.99. The van der Waals surface area contributed by atoms with E-state index in [9.17, 15) is 9.59 Å². The Hall–Kier alpha value is -0.943. The van der Waals surface area contributed by atoms with E-state index in [0.29, 0.717) is 18.4 Å². The first-order valence-corrected chi connectivity index (χ1v) is 11.3. The van der Waals surface area contributed by atoms with Crippen molar-refractivity contribution in [2.24, 2.45) is 5.92 Å². The fourth-order valence-corrected chi connectivity index (χ4v) is 3.71. The summed E-state index contributed by atoms with van der Waals surface area (Å²) in [5.41, 5.74) is 0.713. The van der Waals surface area contributed by atoms with Crippen LogP contribution in [0.1, 0.15) is 33.1 Å². The van der Waals surface area contributed by atoms with Gasteiger partial charge in [-0.3, -0.25) is 9.59 Å². The minimum Gasteiger partial charge on any atom is -0.450 e. The van der Waals surface area contributed by atoms with Crippen LogP contribution < -0.4 is 0 Å². The van der Waals surface area contributed by atoms with E-state index in [1.165, 1.54) is 6.92 Å². The summed E-state index contributed by atoms with van der Waals surface area (Å²) in [4.78, 5) is 23.5. The first-order valence-electron chi connectivity index (χ1n) is 7.55. The molecule has 0 spiro atoms. The van der Waals surface area contributed by atoms with Crippen LogP contribution in [0, 0.1) is 5.92 Å². The van der Waals surface area contributed by atoms with Crippen LogP contribution in [0.5, 0.6) is 0 Å². The molecule has 0 aliphatic carbocycles. The van der Waals surface area contributed by atoms with Crippen LogP contribution >= 0.6 is 0 Å². The van der Waals surface area contributed by atoms with Gasteiger partial charge >= 0.3 is 5.97 Å². The zero-order chi connectivity index (χ0) is 16.6. The van der Waals surface area contributed by atoms with Crippen LogP contribution in [0.4, 0.5) is 0 Å². The van der Waals surface area contributed by atoms with Gasteiger partial charge in [0.25, 0.3) is 0 Å². The number of ether oxygens (including phenoxy) is 1. The van der Waals surface area contributed by atoms with E-state index in [-0.39, 0.29) is 18.3 Å². The normalized spacial score (nSPS) is 14.4. The molecule has 0 aliphatic rings. The molecule has 1 N–H and O–H groups in total. The van der Waals surface area contributed by atoms with Crippen molar-refractivity contribution in [3.63, 3.8) is 0 Å². The van der Waals surface area contributed by atoms with Crippen molar-refractivity contribution in [2.75, 3.05) is 6.61 Å². The second kappa shape index (κ2) is 9.15. The largest absolute Gasteiger partial charge is 0.450 e. The number of aliphatic hydroxyl groups is 1. The fraction of sp³-hybridized carbons (Fsp3) is 0.750. The SMILES string of the molecule is C=C(C[Si](C)(C)C)C(OC(C)=O)C(=O)CCCC(C)CO. The highest BCUT2D eigenvalue weighted by Gasteiger charge is 2.27. The molecule has 0 aromatic rings. The lowest BCUT2D eigenvalue weighted by molar-refractivity contribution is -0.150. The Kier molecular flexibility index (Phi) is 8.74. The summed E-state index contributed by atoms with van der Waals surface area (Å²) in [6, 6.07) is 0.768. The number of hydrogen-bond acceptors (Lipinski definition) is 4. The predicted molar refractivity (Wildman–Crippen MR) is 88.0 cm³/mol. The molecular formula is C16H30O4Si.